The Hall–Kier alpha value is -0.980. The molecule has 0 aromatic carbocycles. The Morgan fingerprint density at radius 2 is 2.36 bits per heavy atom. The summed E-state index contributed by atoms with van der Waals surface area (Å²) >= 11 is 11.5. The van der Waals surface area contributed by atoms with Gasteiger partial charge in [-0.3, -0.25) is 0 Å². The van der Waals surface area contributed by atoms with Gasteiger partial charge < -0.3 is 5.32 Å². The third kappa shape index (κ3) is 3.06. The Balaban J connectivity index is 2.64. The Labute approximate surface area is 92.7 Å². The summed E-state index contributed by atoms with van der Waals surface area (Å²) in [6.45, 7) is 2.33. The maximum atomic E-state index is 8.56. The number of aromatic nitrogens is 1. The number of anilines is 1. The van der Waals surface area contributed by atoms with Crippen molar-refractivity contribution in [3.05, 3.63) is 22.3 Å². The molecule has 0 aliphatic rings. The highest BCUT2D eigenvalue weighted by molar-refractivity contribution is 6.35. The van der Waals surface area contributed by atoms with Crippen molar-refractivity contribution in [2.75, 3.05) is 11.9 Å². The minimum Gasteiger partial charge on any atom is -0.368 e. The van der Waals surface area contributed by atoms with Crippen molar-refractivity contribution in [3.63, 3.8) is 0 Å². The van der Waals surface area contributed by atoms with E-state index in [2.05, 4.69) is 16.4 Å². The average molecular weight is 230 g/mol. The Morgan fingerprint density at radius 3 is 2.93 bits per heavy atom. The summed E-state index contributed by atoms with van der Waals surface area (Å²) in [7, 11) is 0. The van der Waals surface area contributed by atoms with Crippen molar-refractivity contribution < 1.29 is 0 Å². The minimum absolute atomic E-state index is 0.0801. The summed E-state index contributed by atoms with van der Waals surface area (Å²) in [6, 6.07) is 3.71. The van der Waals surface area contributed by atoms with Crippen LogP contribution in [0.4, 0.5) is 5.82 Å². The van der Waals surface area contributed by atoms with Gasteiger partial charge in [-0.25, -0.2) is 4.98 Å². The second-order valence-corrected chi connectivity index (χ2v) is 3.74. The number of rotatable bonds is 3. The molecule has 1 N–H and O–H groups in total. The smallest absolute Gasteiger partial charge is 0.144 e. The zero-order chi connectivity index (χ0) is 10.6. The molecule has 1 atom stereocenters. The predicted octanol–water partition coefficient (Wildman–Crippen LogP) is 2.96. The Kier molecular flexibility index (Phi) is 3.99. The largest absolute Gasteiger partial charge is 0.368 e. The van der Waals surface area contributed by atoms with Gasteiger partial charge in [0.15, 0.2) is 0 Å². The standard InChI is InChI=1S/C9H9Cl2N3/c1-6(3-12)4-13-9-8(11)2-7(10)5-14-9/h2,5-6H,4H2,1H3,(H,13,14). The SMILES string of the molecule is CC(C#N)CNc1ncc(Cl)cc1Cl. The van der Waals surface area contributed by atoms with Gasteiger partial charge in [0, 0.05) is 12.7 Å². The highest BCUT2D eigenvalue weighted by Gasteiger charge is 2.04. The molecule has 14 heavy (non-hydrogen) atoms. The van der Waals surface area contributed by atoms with E-state index in [0.717, 1.165) is 0 Å². The first kappa shape index (κ1) is 11.1. The molecule has 0 bridgehead atoms. The fraction of sp³-hybridized carbons (Fsp3) is 0.333. The lowest BCUT2D eigenvalue weighted by Gasteiger charge is -2.07. The molecule has 1 unspecified atom stereocenters. The Morgan fingerprint density at radius 1 is 1.64 bits per heavy atom. The van der Waals surface area contributed by atoms with Gasteiger partial charge in [0.2, 0.25) is 0 Å². The number of pyridine rings is 1. The number of hydrogen-bond acceptors (Lipinski definition) is 3. The summed E-state index contributed by atoms with van der Waals surface area (Å²) in [5.74, 6) is 0.474. The van der Waals surface area contributed by atoms with E-state index in [1.54, 1.807) is 6.07 Å². The monoisotopic (exact) mass is 229 g/mol. The quantitative estimate of drug-likeness (QED) is 0.868. The van der Waals surface area contributed by atoms with Gasteiger partial charge in [-0.15, -0.1) is 0 Å². The van der Waals surface area contributed by atoms with Gasteiger partial charge in [0.25, 0.3) is 0 Å². The average Bonchev–Trinajstić information content (AvgIpc) is 2.16. The number of nitrogens with zero attached hydrogens (tertiary/aromatic N) is 2. The first-order valence-corrected chi connectivity index (χ1v) is 4.83. The van der Waals surface area contributed by atoms with Crippen LogP contribution in [0.15, 0.2) is 12.3 Å². The van der Waals surface area contributed by atoms with E-state index in [9.17, 15) is 0 Å². The first-order chi connectivity index (χ1) is 6.63. The second kappa shape index (κ2) is 5.04. The molecule has 0 radical (unpaired) electrons. The van der Waals surface area contributed by atoms with Gasteiger partial charge >= 0.3 is 0 Å². The maximum Gasteiger partial charge on any atom is 0.144 e. The van der Waals surface area contributed by atoms with Gasteiger partial charge in [-0.05, 0) is 13.0 Å². The molecular formula is C9H9Cl2N3. The molecule has 1 rings (SSSR count). The van der Waals surface area contributed by atoms with Gasteiger partial charge in [0.1, 0.15) is 5.82 Å². The van der Waals surface area contributed by atoms with E-state index in [1.165, 1.54) is 6.20 Å². The van der Waals surface area contributed by atoms with Crippen molar-refractivity contribution >= 4 is 29.0 Å². The molecule has 0 saturated carbocycles. The molecule has 0 amide bonds. The highest BCUT2D eigenvalue weighted by atomic mass is 35.5. The number of halogens is 2. The molecule has 0 saturated heterocycles. The molecule has 0 spiro atoms. The van der Waals surface area contributed by atoms with Crippen LogP contribution in [0.5, 0.6) is 0 Å². The molecule has 0 aliphatic carbocycles. The molecule has 1 heterocycles. The van der Waals surface area contributed by atoms with Crippen molar-refractivity contribution in [1.29, 1.82) is 5.26 Å². The zero-order valence-electron chi connectivity index (χ0n) is 7.59. The lowest BCUT2D eigenvalue weighted by molar-refractivity contribution is 0.783. The van der Waals surface area contributed by atoms with Crippen LogP contribution in [-0.4, -0.2) is 11.5 Å². The van der Waals surface area contributed by atoms with Crippen LogP contribution < -0.4 is 5.32 Å². The van der Waals surface area contributed by atoms with Crippen LogP contribution in [0.25, 0.3) is 0 Å². The molecule has 1 aromatic rings. The maximum absolute atomic E-state index is 8.56. The normalized spacial score (nSPS) is 11.9. The van der Waals surface area contributed by atoms with Crippen molar-refractivity contribution in [1.82, 2.24) is 4.98 Å². The number of hydrogen-bond donors (Lipinski definition) is 1. The highest BCUT2D eigenvalue weighted by Crippen LogP contribution is 2.22. The zero-order valence-corrected chi connectivity index (χ0v) is 9.10. The number of nitrogens with one attached hydrogen (secondary N) is 1. The molecule has 1 aromatic heterocycles. The fourth-order valence-corrected chi connectivity index (χ4v) is 1.29. The van der Waals surface area contributed by atoms with Gasteiger partial charge in [0.05, 0.1) is 22.0 Å². The molecule has 5 heteroatoms. The fourth-order valence-electron chi connectivity index (χ4n) is 0.840. The molecule has 74 valence electrons. The third-order valence-electron chi connectivity index (χ3n) is 1.60. The number of nitriles is 1. The van der Waals surface area contributed by atoms with E-state index in [4.69, 9.17) is 28.5 Å². The van der Waals surface area contributed by atoms with Crippen molar-refractivity contribution in [3.8, 4) is 6.07 Å². The summed E-state index contributed by atoms with van der Waals surface area (Å²) in [5, 5.41) is 12.5. The van der Waals surface area contributed by atoms with Gasteiger partial charge in [-0.1, -0.05) is 23.2 Å². The Bertz CT molecular complexity index is 360. The predicted molar refractivity (Wildman–Crippen MR) is 57.5 cm³/mol. The third-order valence-corrected chi connectivity index (χ3v) is 2.10. The second-order valence-electron chi connectivity index (χ2n) is 2.90. The first-order valence-electron chi connectivity index (χ1n) is 4.08. The van der Waals surface area contributed by atoms with E-state index in [1.807, 2.05) is 6.92 Å². The van der Waals surface area contributed by atoms with Gasteiger partial charge in [-0.2, -0.15) is 5.26 Å². The van der Waals surface area contributed by atoms with Crippen LogP contribution in [0.1, 0.15) is 6.92 Å². The molecule has 0 fully saturated rings. The van der Waals surface area contributed by atoms with Crippen LogP contribution in [-0.2, 0) is 0 Å². The minimum atomic E-state index is -0.0801. The topological polar surface area (TPSA) is 48.7 Å². The van der Waals surface area contributed by atoms with Crippen LogP contribution in [0, 0.1) is 17.2 Å². The van der Waals surface area contributed by atoms with E-state index >= 15 is 0 Å². The van der Waals surface area contributed by atoms with Crippen LogP contribution in [0.2, 0.25) is 10.0 Å². The molecule has 3 nitrogen and oxygen atoms in total. The van der Waals surface area contributed by atoms with E-state index in [-0.39, 0.29) is 5.92 Å². The molecule has 0 aliphatic heterocycles. The summed E-state index contributed by atoms with van der Waals surface area (Å²) < 4.78 is 0. The van der Waals surface area contributed by atoms with Crippen LogP contribution >= 0.6 is 23.2 Å². The summed E-state index contributed by atoms with van der Waals surface area (Å²) in [4.78, 5) is 4.00. The lowest BCUT2D eigenvalue weighted by Crippen LogP contribution is -2.10. The van der Waals surface area contributed by atoms with Crippen molar-refractivity contribution in [2.24, 2.45) is 5.92 Å². The van der Waals surface area contributed by atoms with Crippen LogP contribution in [0.3, 0.4) is 0 Å². The summed E-state index contributed by atoms with van der Waals surface area (Å²) in [6.07, 6.45) is 1.51. The van der Waals surface area contributed by atoms with E-state index < -0.39 is 0 Å². The van der Waals surface area contributed by atoms with E-state index in [0.29, 0.717) is 22.4 Å². The summed E-state index contributed by atoms with van der Waals surface area (Å²) in [5.41, 5.74) is 0. The van der Waals surface area contributed by atoms with Crippen molar-refractivity contribution in [2.45, 2.75) is 6.92 Å². The lowest BCUT2D eigenvalue weighted by atomic mass is 10.2. The molecular weight excluding hydrogens is 221 g/mol.